The van der Waals surface area contributed by atoms with Crippen molar-refractivity contribution in [2.24, 2.45) is 5.92 Å². The third kappa shape index (κ3) is 4.67. The summed E-state index contributed by atoms with van der Waals surface area (Å²) >= 11 is 0. The summed E-state index contributed by atoms with van der Waals surface area (Å²) in [6.07, 6.45) is 3.67. The minimum atomic E-state index is -0.0120. The zero-order valence-corrected chi connectivity index (χ0v) is 11.6. The van der Waals surface area contributed by atoms with Gasteiger partial charge >= 0.3 is 5.97 Å². The van der Waals surface area contributed by atoms with E-state index in [1.165, 1.54) is 5.56 Å². The summed E-state index contributed by atoms with van der Waals surface area (Å²) in [7, 11) is 0. The molecule has 1 fully saturated rings. The molecule has 1 aliphatic rings. The Morgan fingerprint density at radius 3 is 2.68 bits per heavy atom. The van der Waals surface area contributed by atoms with Crippen LogP contribution in [0.2, 0.25) is 0 Å². The first-order valence-corrected chi connectivity index (χ1v) is 7.21. The monoisotopic (exact) mass is 261 g/mol. The van der Waals surface area contributed by atoms with Crippen molar-refractivity contribution in [2.75, 3.05) is 13.1 Å². The molecule has 0 saturated carbocycles. The van der Waals surface area contributed by atoms with Gasteiger partial charge in [0.25, 0.3) is 0 Å². The fourth-order valence-electron chi connectivity index (χ4n) is 2.43. The van der Waals surface area contributed by atoms with Crippen molar-refractivity contribution in [3.63, 3.8) is 0 Å². The third-order valence-corrected chi connectivity index (χ3v) is 3.67. The molecule has 0 spiro atoms. The molecule has 3 heteroatoms. The maximum Gasteiger partial charge on any atom is 0.309 e. The van der Waals surface area contributed by atoms with Crippen molar-refractivity contribution in [1.29, 1.82) is 0 Å². The Kier molecular flexibility index (Phi) is 5.40. The Labute approximate surface area is 115 Å². The summed E-state index contributed by atoms with van der Waals surface area (Å²) < 4.78 is 5.54. The maximum atomic E-state index is 12.0. The fourth-order valence-corrected chi connectivity index (χ4v) is 2.43. The molecule has 1 aromatic rings. The second kappa shape index (κ2) is 7.29. The first kappa shape index (κ1) is 14.1. The van der Waals surface area contributed by atoms with E-state index in [0.29, 0.717) is 0 Å². The van der Waals surface area contributed by atoms with Gasteiger partial charge in [0.2, 0.25) is 0 Å². The predicted octanol–water partition coefficient (Wildman–Crippen LogP) is 2.55. The number of nitrogens with one attached hydrogen (secondary N) is 1. The zero-order chi connectivity index (χ0) is 13.5. The predicted molar refractivity (Wildman–Crippen MR) is 75.9 cm³/mol. The molecule has 0 bridgehead atoms. The van der Waals surface area contributed by atoms with E-state index in [4.69, 9.17) is 4.74 Å². The number of piperidine rings is 1. The van der Waals surface area contributed by atoms with Gasteiger partial charge in [-0.25, -0.2) is 0 Å². The Morgan fingerprint density at radius 2 is 2.00 bits per heavy atom. The number of carbonyl (C=O) groups is 1. The lowest BCUT2D eigenvalue weighted by Gasteiger charge is -2.23. The average Bonchev–Trinajstić information content (AvgIpc) is 2.47. The Bertz CT molecular complexity index is 385. The normalized spacial score (nSPS) is 17.9. The minimum absolute atomic E-state index is 0.00240. The maximum absolute atomic E-state index is 12.0. The van der Waals surface area contributed by atoms with Crippen LogP contribution < -0.4 is 5.32 Å². The van der Waals surface area contributed by atoms with E-state index in [1.54, 1.807) is 0 Å². The molecule has 0 amide bonds. The first-order chi connectivity index (χ1) is 9.25. The van der Waals surface area contributed by atoms with Crippen molar-refractivity contribution >= 4 is 5.97 Å². The third-order valence-electron chi connectivity index (χ3n) is 3.67. The van der Waals surface area contributed by atoms with Crippen molar-refractivity contribution in [3.8, 4) is 0 Å². The highest BCUT2D eigenvalue weighted by atomic mass is 16.5. The minimum Gasteiger partial charge on any atom is -0.462 e. The lowest BCUT2D eigenvalue weighted by molar-refractivity contribution is -0.154. The van der Waals surface area contributed by atoms with Crippen molar-refractivity contribution in [3.05, 3.63) is 35.9 Å². The van der Waals surface area contributed by atoms with Gasteiger partial charge in [-0.05, 0) is 51.3 Å². The van der Waals surface area contributed by atoms with E-state index in [2.05, 4.69) is 17.4 Å². The van der Waals surface area contributed by atoms with Crippen molar-refractivity contribution in [1.82, 2.24) is 5.32 Å². The smallest absolute Gasteiger partial charge is 0.309 e. The van der Waals surface area contributed by atoms with E-state index in [0.717, 1.165) is 38.8 Å². The summed E-state index contributed by atoms with van der Waals surface area (Å²) in [5, 5.41) is 3.26. The molecule has 19 heavy (non-hydrogen) atoms. The van der Waals surface area contributed by atoms with Crippen LogP contribution in [0.5, 0.6) is 0 Å². The molecular formula is C16H23NO2. The molecule has 1 unspecified atom stereocenters. The highest BCUT2D eigenvalue weighted by molar-refractivity contribution is 5.72. The van der Waals surface area contributed by atoms with Crippen molar-refractivity contribution in [2.45, 2.75) is 38.7 Å². The molecule has 3 nitrogen and oxygen atoms in total. The average molecular weight is 261 g/mol. The van der Waals surface area contributed by atoms with Gasteiger partial charge in [0, 0.05) is 0 Å². The van der Waals surface area contributed by atoms with Crippen LogP contribution in [-0.2, 0) is 16.0 Å². The summed E-state index contributed by atoms with van der Waals surface area (Å²) in [5.41, 5.74) is 1.30. The van der Waals surface area contributed by atoms with Crippen LogP contribution in [-0.4, -0.2) is 25.2 Å². The molecule has 1 aromatic carbocycles. The number of carbonyl (C=O) groups excluding carboxylic acids is 1. The number of benzene rings is 1. The van der Waals surface area contributed by atoms with Crippen LogP contribution in [0, 0.1) is 5.92 Å². The summed E-state index contributed by atoms with van der Waals surface area (Å²) in [6, 6.07) is 10.3. The van der Waals surface area contributed by atoms with Gasteiger partial charge in [-0.3, -0.25) is 4.79 Å². The topological polar surface area (TPSA) is 38.3 Å². The van der Waals surface area contributed by atoms with Gasteiger partial charge in [-0.1, -0.05) is 30.3 Å². The van der Waals surface area contributed by atoms with Crippen LogP contribution >= 0.6 is 0 Å². The van der Waals surface area contributed by atoms with Crippen molar-refractivity contribution < 1.29 is 9.53 Å². The summed E-state index contributed by atoms with van der Waals surface area (Å²) in [6.45, 7) is 3.85. The molecular weight excluding hydrogens is 238 g/mol. The van der Waals surface area contributed by atoms with Crippen LogP contribution in [0.25, 0.3) is 0 Å². The number of rotatable bonds is 5. The lowest BCUT2D eigenvalue weighted by Crippen LogP contribution is -2.34. The van der Waals surface area contributed by atoms with Gasteiger partial charge in [-0.2, -0.15) is 0 Å². The number of hydrogen-bond donors (Lipinski definition) is 1. The molecule has 1 atom stereocenters. The number of esters is 1. The Morgan fingerprint density at radius 1 is 1.32 bits per heavy atom. The Hall–Kier alpha value is -1.35. The quantitative estimate of drug-likeness (QED) is 0.828. The lowest BCUT2D eigenvalue weighted by atomic mass is 9.98. The highest BCUT2D eigenvalue weighted by Gasteiger charge is 2.23. The van der Waals surface area contributed by atoms with Crippen LogP contribution in [0.4, 0.5) is 0 Å². The van der Waals surface area contributed by atoms with E-state index < -0.39 is 0 Å². The molecule has 1 heterocycles. The molecule has 1 N–H and O–H groups in total. The van der Waals surface area contributed by atoms with Gasteiger partial charge in [0.15, 0.2) is 0 Å². The van der Waals surface area contributed by atoms with E-state index >= 15 is 0 Å². The van der Waals surface area contributed by atoms with Gasteiger partial charge in [-0.15, -0.1) is 0 Å². The van der Waals surface area contributed by atoms with E-state index in [1.807, 2.05) is 25.1 Å². The van der Waals surface area contributed by atoms with Gasteiger partial charge in [0.05, 0.1) is 12.0 Å². The first-order valence-electron chi connectivity index (χ1n) is 7.21. The van der Waals surface area contributed by atoms with E-state index in [9.17, 15) is 4.79 Å². The van der Waals surface area contributed by atoms with Crippen LogP contribution in [0.3, 0.4) is 0 Å². The second-order valence-corrected chi connectivity index (χ2v) is 5.30. The standard InChI is InChI=1S/C16H23NO2/c1-13(7-8-14-5-3-2-4-6-14)19-16(18)15-9-11-17-12-10-15/h2-6,13,15,17H,7-12H2,1H3. The highest BCUT2D eigenvalue weighted by Crippen LogP contribution is 2.16. The summed E-state index contributed by atoms with van der Waals surface area (Å²) in [5.74, 6) is 0.0856. The summed E-state index contributed by atoms with van der Waals surface area (Å²) in [4.78, 5) is 12.0. The second-order valence-electron chi connectivity index (χ2n) is 5.30. The number of ether oxygens (including phenoxy) is 1. The van der Waals surface area contributed by atoms with Crippen LogP contribution in [0.15, 0.2) is 30.3 Å². The molecule has 0 aliphatic carbocycles. The molecule has 1 saturated heterocycles. The fraction of sp³-hybridized carbons (Fsp3) is 0.562. The molecule has 2 rings (SSSR count). The number of aryl methyl sites for hydroxylation is 1. The SMILES string of the molecule is CC(CCc1ccccc1)OC(=O)C1CCNCC1. The van der Waals surface area contributed by atoms with Crippen LogP contribution in [0.1, 0.15) is 31.7 Å². The number of hydrogen-bond acceptors (Lipinski definition) is 3. The zero-order valence-electron chi connectivity index (χ0n) is 11.6. The molecule has 1 aliphatic heterocycles. The van der Waals surface area contributed by atoms with Gasteiger partial charge in [0.1, 0.15) is 0 Å². The van der Waals surface area contributed by atoms with E-state index in [-0.39, 0.29) is 18.0 Å². The molecule has 0 radical (unpaired) electrons. The molecule has 104 valence electrons. The Balaban J connectivity index is 1.71. The molecule has 0 aromatic heterocycles. The van der Waals surface area contributed by atoms with Gasteiger partial charge < -0.3 is 10.1 Å². The largest absolute Gasteiger partial charge is 0.462 e.